The van der Waals surface area contributed by atoms with Gasteiger partial charge in [0.25, 0.3) is 0 Å². The van der Waals surface area contributed by atoms with Gasteiger partial charge in [-0.15, -0.1) is 11.3 Å². The quantitative estimate of drug-likeness (QED) is 0.205. The molecule has 0 saturated heterocycles. The van der Waals surface area contributed by atoms with Crippen LogP contribution in [0.5, 0.6) is 0 Å². The Morgan fingerprint density at radius 2 is 1.07 bits per heavy atom. The van der Waals surface area contributed by atoms with E-state index in [0.717, 1.165) is 17.1 Å². The highest BCUT2D eigenvalue weighted by Crippen LogP contribution is 2.44. The van der Waals surface area contributed by atoms with Crippen LogP contribution in [0, 0.1) is 0 Å². The number of hydrogen-bond acceptors (Lipinski definition) is 2. The first kappa shape index (κ1) is 24.6. The lowest BCUT2D eigenvalue weighted by Gasteiger charge is -2.28. The van der Waals surface area contributed by atoms with Gasteiger partial charge >= 0.3 is 0 Å². The van der Waals surface area contributed by atoms with Crippen LogP contribution in [0.1, 0.15) is 0 Å². The Bertz CT molecular complexity index is 2210. The Balaban J connectivity index is 1.31. The molecule has 1 heterocycles. The van der Waals surface area contributed by atoms with Crippen molar-refractivity contribution >= 4 is 59.3 Å². The van der Waals surface area contributed by atoms with Gasteiger partial charge in [-0.1, -0.05) is 121 Å². The summed E-state index contributed by atoms with van der Waals surface area (Å²) in [7, 11) is 0. The van der Waals surface area contributed by atoms with Crippen molar-refractivity contribution < 1.29 is 0 Å². The van der Waals surface area contributed by atoms with Gasteiger partial charge in [0.1, 0.15) is 0 Å². The first-order valence-electron chi connectivity index (χ1n) is 14.3. The van der Waals surface area contributed by atoms with E-state index in [4.69, 9.17) is 0 Å². The molecular weight excluding hydrogens is 527 g/mol. The third-order valence-corrected chi connectivity index (χ3v) is 9.26. The lowest BCUT2D eigenvalue weighted by Crippen LogP contribution is -2.11. The number of para-hydroxylation sites is 2. The molecular formula is C40H27NS. The number of hydrogen-bond donors (Lipinski definition) is 0. The molecule has 0 spiro atoms. The van der Waals surface area contributed by atoms with Crippen molar-refractivity contribution in [2.45, 2.75) is 0 Å². The third-order valence-electron chi connectivity index (χ3n) is 8.04. The molecule has 0 aliphatic rings. The topological polar surface area (TPSA) is 3.24 Å². The van der Waals surface area contributed by atoms with Gasteiger partial charge in [0.2, 0.25) is 0 Å². The van der Waals surface area contributed by atoms with E-state index in [9.17, 15) is 0 Å². The first-order chi connectivity index (χ1) is 20.8. The van der Waals surface area contributed by atoms with Crippen LogP contribution in [0.2, 0.25) is 0 Å². The average Bonchev–Trinajstić information content (AvgIpc) is 3.45. The van der Waals surface area contributed by atoms with Gasteiger partial charge in [-0.2, -0.15) is 0 Å². The fourth-order valence-electron chi connectivity index (χ4n) is 6.06. The number of nitrogens with zero attached hydrogens (tertiary/aromatic N) is 1. The molecule has 0 atom stereocenters. The summed E-state index contributed by atoms with van der Waals surface area (Å²) in [6.07, 6.45) is 0. The van der Waals surface area contributed by atoms with Crippen LogP contribution in [-0.4, -0.2) is 0 Å². The van der Waals surface area contributed by atoms with Gasteiger partial charge in [-0.25, -0.2) is 0 Å². The summed E-state index contributed by atoms with van der Waals surface area (Å²) < 4.78 is 2.66. The number of anilines is 3. The molecule has 0 aliphatic carbocycles. The van der Waals surface area contributed by atoms with Crippen molar-refractivity contribution in [3.63, 3.8) is 0 Å². The predicted octanol–water partition coefficient (Wildman–Crippen LogP) is 12.0. The summed E-state index contributed by atoms with van der Waals surface area (Å²) in [5.74, 6) is 0. The number of rotatable bonds is 5. The van der Waals surface area contributed by atoms with E-state index in [-0.39, 0.29) is 0 Å². The van der Waals surface area contributed by atoms with Crippen LogP contribution in [-0.2, 0) is 0 Å². The van der Waals surface area contributed by atoms with E-state index < -0.39 is 0 Å². The van der Waals surface area contributed by atoms with E-state index >= 15 is 0 Å². The van der Waals surface area contributed by atoms with Crippen molar-refractivity contribution in [2.75, 3.05) is 4.90 Å². The van der Waals surface area contributed by atoms with Gasteiger partial charge < -0.3 is 4.90 Å². The summed E-state index contributed by atoms with van der Waals surface area (Å²) in [5.41, 5.74) is 8.30. The number of thiophene rings is 1. The summed E-state index contributed by atoms with van der Waals surface area (Å²) in [6.45, 7) is 0. The Labute approximate surface area is 249 Å². The molecule has 1 nitrogen and oxygen atoms in total. The molecule has 1 aromatic heterocycles. The van der Waals surface area contributed by atoms with Crippen molar-refractivity contribution in [2.24, 2.45) is 0 Å². The van der Waals surface area contributed by atoms with Crippen LogP contribution in [0.15, 0.2) is 164 Å². The number of fused-ring (bicyclic) bond motifs is 4. The summed E-state index contributed by atoms with van der Waals surface area (Å²) in [4.78, 5) is 2.39. The molecule has 0 bridgehead atoms. The van der Waals surface area contributed by atoms with Crippen LogP contribution >= 0.6 is 11.3 Å². The maximum Gasteiger partial charge on any atom is 0.0540 e. The molecule has 0 N–H and O–H groups in total. The van der Waals surface area contributed by atoms with Crippen molar-refractivity contribution in [1.82, 2.24) is 0 Å². The molecule has 7 aromatic carbocycles. The summed E-state index contributed by atoms with van der Waals surface area (Å²) >= 11 is 1.88. The first-order valence-corrected chi connectivity index (χ1v) is 15.1. The Morgan fingerprint density at radius 1 is 0.405 bits per heavy atom. The monoisotopic (exact) mass is 553 g/mol. The molecule has 0 unspecified atom stereocenters. The average molecular weight is 554 g/mol. The second-order valence-corrected chi connectivity index (χ2v) is 11.6. The van der Waals surface area contributed by atoms with E-state index in [1.807, 2.05) is 11.3 Å². The molecule has 8 rings (SSSR count). The zero-order valence-electron chi connectivity index (χ0n) is 22.9. The highest BCUT2D eigenvalue weighted by molar-refractivity contribution is 7.26. The molecule has 42 heavy (non-hydrogen) atoms. The van der Waals surface area contributed by atoms with Gasteiger partial charge in [-0.05, 0) is 69.9 Å². The molecule has 0 amide bonds. The van der Waals surface area contributed by atoms with E-state index in [1.54, 1.807) is 0 Å². The van der Waals surface area contributed by atoms with Crippen LogP contribution in [0.3, 0.4) is 0 Å². The minimum atomic E-state index is 1.13. The fourth-order valence-corrected chi connectivity index (χ4v) is 7.30. The van der Waals surface area contributed by atoms with Crippen molar-refractivity contribution in [3.05, 3.63) is 164 Å². The largest absolute Gasteiger partial charge is 0.310 e. The van der Waals surface area contributed by atoms with Gasteiger partial charge in [0.15, 0.2) is 0 Å². The zero-order chi connectivity index (χ0) is 27.9. The molecule has 0 radical (unpaired) electrons. The number of benzene rings is 7. The molecule has 8 aromatic rings. The fraction of sp³-hybridized carbons (Fsp3) is 0. The lowest BCUT2D eigenvalue weighted by molar-refractivity contribution is 1.28. The van der Waals surface area contributed by atoms with Gasteiger partial charge in [-0.3, -0.25) is 0 Å². The second-order valence-electron chi connectivity index (χ2n) is 10.6. The molecule has 0 saturated carbocycles. The van der Waals surface area contributed by atoms with Crippen LogP contribution in [0.25, 0.3) is 53.2 Å². The molecule has 2 heteroatoms. The van der Waals surface area contributed by atoms with E-state index in [1.165, 1.54) is 53.2 Å². The van der Waals surface area contributed by atoms with E-state index in [0.29, 0.717) is 0 Å². The Morgan fingerprint density at radius 3 is 2.00 bits per heavy atom. The maximum absolute atomic E-state index is 2.39. The van der Waals surface area contributed by atoms with Crippen molar-refractivity contribution in [1.29, 1.82) is 0 Å². The van der Waals surface area contributed by atoms with E-state index in [2.05, 4.69) is 169 Å². The third kappa shape index (κ3) is 4.25. The predicted molar refractivity (Wildman–Crippen MR) is 182 cm³/mol. The SMILES string of the molecule is c1ccc(N(c2cccc(-c3cccc4c3sc3ccccc34)c2)c2ccccc2-c2ccc3ccccc3c2)cc1. The minimum Gasteiger partial charge on any atom is -0.310 e. The van der Waals surface area contributed by atoms with Gasteiger partial charge in [0.05, 0.1) is 5.69 Å². The van der Waals surface area contributed by atoms with Crippen molar-refractivity contribution in [3.8, 4) is 22.3 Å². The van der Waals surface area contributed by atoms with Crippen LogP contribution < -0.4 is 4.90 Å². The van der Waals surface area contributed by atoms with Gasteiger partial charge in [0, 0.05) is 37.1 Å². The Hall–Kier alpha value is -5.18. The highest BCUT2D eigenvalue weighted by atomic mass is 32.1. The zero-order valence-corrected chi connectivity index (χ0v) is 23.8. The summed E-state index contributed by atoms with van der Waals surface area (Å²) in [6, 6.07) is 59.1. The summed E-state index contributed by atoms with van der Waals surface area (Å²) in [5, 5.41) is 5.14. The van der Waals surface area contributed by atoms with Crippen LogP contribution in [0.4, 0.5) is 17.1 Å². The lowest BCUT2D eigenvalue weighted by atomic mass is 9.98. The Kier molecular flexibility index (Phi) is 6.05. The molecule has 0 aliphatic heterocycles. The smallest absolute Gasteiger partial charge is 0.0540 e. The molecule has 198 valence electrons. The standard InChI is InChI=1S/C40H27NS/c1-2-15-32(16-3-1)41(38-22-8-6-18-34(38)31-25-24-28-12-4-5-13-29(28)26-31)33-17-10-14-30(27-33)35-20-11-21-37-36-19-7-9-23-39(36)42-40(35)37/h1-27H. The minimum absolute atomic E-state index is 1.13. The molecule has 0 fully saturated rings. The highest BCUT2D eigenvalue weighted by Gasteiger charge is 2.18. The normalized spacial score (nSPS) is 11.3. The maximum atomic E-state index is 2.39. The second kappa shape index (κ2) is 10.3.